The standard InChI is InChI=1S/C27H23N3O6S2.C2H4O2/c1-15(2)14-35-26(32)23-16(3)28-27-29(24(23)21-8-5-11-37-21)25(31)22(38-27)13-19-9-10-20(36-19)17-6-4-7-18(12-17)30(33)34;1-2(3)4/h4-13,15,24H,14H2,1-3H3;1H3,(H,3,4)/b22-13-;. The van der Waals surface area contributed by atoms with Crippen molar-refractivity contribution in [1.29, 1.82) is 0 Å². The second-order valence-corrected chi connectivity index (χ2v) is 11.6. The SMILES string of the molecule is CC(=O)O.CC1=C(C(=O)OCC(C)C)C(c2cccs2)n2c(s/c(=C\c3ccc(-c4cccc([N+](=O)[O-])c4)o3)c2=O)=N1. The van der Waals surface area contributed by atoms with Crippen molar-refractivity contribution < 1.29 is 28.8 Å². The molecule has 4 aromatic rings. The first kappa shape index (κ1) is 30.3. The van der Waals surface area contributed by atoms with Crippen LogP contribution in [0.5, 0.6) is 0 Å². The van der Waals surface area contributed by atoms with Crippen LogP contribution in [0, 0.1) is 16.0 Å². The summed E-state index contributed by atoms with van der Waals surface area (Å²) in [6, 6.07) is 12.7. The van der Waals surface area contributed by atoms with Gasteiger partial charge in [0.2, 0.25) is 0 Å². The quantitative estimate of drug-likeness (QED) is 0.179. The molecule has 13 heteroatoms. The van der Waals surface area contributed by atoms with Crippen molar-refractivity contribution in [2.24, 2.45) is 10.9 Å². The number of esters is 1. The topological polar surface area (TPSA) is 154 Å². The van der Waals surface area contributed by atoms with E-state index in [1.54, 1.807) is 37.3 Å². The third-order valence-electron chi connectivity index (χ3n) is 5.84. The molecule has 1 N–H and O–H groups in total. The lowest BCUT2D eigenvalue weighted by Gasteiger charge is -2.23. The summed E-state index contributed by atoms with van der Waals surface area (Å²) < 4.78 is 13.4. The van der Waals surface area contributed by atoms with Crippen molar-refractivity contribution in [3.8, 4) is 11.3 Å². The first-order chi connectivity index (χ1) is 20.0. The van der Waals surface area contributed by atoms with Crippen molar-refractivity contribution in [2.75, 3.05) is 6.61 Å². The molecule has 0 spiro atoms. The predicted octanol–water partition coefficient (Wildman–Crippen LogP) is 4.76. The number of non-ortho nitro benzene ring substituents is 1. The minimum absolute atomic E-state index is 0.0413. The van der Waals surface area contributed by atoms with Crippen LogP contribution in [0.1, 0.15) is 44.4 Å². The Kier molecular flexibility index (Phi) is 9.33. The number of carbonyl (C=O) groups excluding carboxylic acids is 1. The van der Waals surface area contributed by atoms with Crippen LogP contribution in [-0.4, -0.2) is 33.1 Å². The summed E-state index contributed by atoms with van der Waals surface area (Å²) >= 11 is 2.65. The van der Waals surface area contributed by atoms with Crippen LogP contribution in [0.25, 0.3) is 17.4 Å². The van der Waals surface area contributed by atoms with Crippen LogP contribution < -0.4 is 14.9 Å². The Labute approximate surface area is 247 Å². The highest BCUT2D eigenvalue weighted by Crippen LogP contribution is 2.33. The van der Waals surface area contributed by atoms with Gasteiger partial charge in [-0.15, -0.1) is 11.3 Å². The van der Waals surface area contributed by atoms with Crippen molar-refractivity contribution in [3.63, 3.8) is 0 Å². The van der Waals surface area contributed by atoms with Gasteiger partial charge < -0.3 is 14.3 Å². The number of carboxylic acids is 1. The van der Waals surface area contributed by atoms with Gasteiger partial charge in [0.15, 0.2) is 4.80 Å². The molecular formula is C29H27N3O8S2. The Hall–Kier alpha value is -4.62. The number of aromatic nitrogens is 1. The zero-order valence-corrected chi connectivity index (χ0v) is 24.7. The van der Waals surface area contributed by atoms with Crippen molar-refractivity contribution in [2.45, 2.75) is 33.7 Å². The van der Waals surface area contributed by atoms with Crippen LogP contribution in [-0.2, 0) is 14.3 Å². The van der Waals surface area contributed by atoms with Gasteiger partial charge in [0.05, 0.1) is 27.3 Å². The van der Waals surface area contributed by atoms with Crippen LogP contribution in [0.15, 0.2) is 79.4 Å². The number of rotatable bonds is 7. The summed E-state index contributed by atoms with van der Waals surface area (Å²) in [5.74, 6) is -0.298. The van der Waals surface area contributed by atoms with E-state index in [1.807, 2.05) is 31.4 Å². The predicted molar refractivity (Wildman–Crippen MR) is 158 cm³/mol. The lowest BCUT2D eigenvalue weighted by Crippen LogP contribution is -2.39. The Morgan fingerprint density at radius 2 is 1.98 bits per heavy atom. The van der Waals surface area contributed by atoms with Crippen LogP contribution in [0.4, 0.5) is 5.69 Å². The molecule has 0 bridgehead atoms. The first-order valence-corrected chi connectivity index (χ1v) is 14.4. The fourth-order valence-corrected chi connectivity index (χ4v) is 5.96. The Balaban J connectivity index is 0.000000952. The van der Waals surface area contributed by atoms with Crippen molar-refractivity contribution >= 4 is 46.4 Å². The van der Waals surface area contributed by atoms with E-state index >= 15 is 0 Å². The van der Waals surface area contributed by atoms with Gasteiger partial charge in [-0.05, 0) is 36.4 Å². The molecule has 1 aliphatic rings. The summed E-state index contributed by atoms with van der Waals surface area (Å²) in [5, 5.41) is 20.4. The number of thiazole rings is 1. The summed E-state index contributed by atoms with van der Waals surface area (Å²) in [6.07, 6.45) is 1.62. The number of ether oxygens (including phenoxy) is 1. The molecule has 1 atom stereocenters. The molecule has 0 aliphatic carbocycles. The summed E-state index contributed by atoms with van der Waals surface area (Å²) in [4.78, 5) is 52.3. The normalized spacial score (nSPS) is 14.6. The maximum Gasteiger partial charge on any atom is 0.338 e. The van der Waals surface area contributed by atoms with Gasteiger partial charge in [0.25, 0.3) is 17.2 Å². The van der Waals surface area contributed by atoms with E-state index in [0.29, 0.717) is 37.7 Å². The number of carbonyl (C=O) groups is 2. The fraction of sp³-hybridized carbons (Fsp3) is 0.241. The number of furan rings is 1. The van der Waals surface area contributed by atoms with E-state index in [0.717, 1.165) is 11.8 Å². The van der Waals surface area contributed by atoms with Gasteiger partial charge in [-0.3, -0.25) is 24.3 Å². The van der Waals surface area contributed by atoms with Crippen LogP contribution >= 0.6 is 22.7 Å². The number of fused-ring (bicyclic) bond motifs is 1. The molecule has 0 fully saturated rings. The molecule has 0 amide bonds. The lowest BCUT2D eigenvalue weighted by atomic mass is 10.0. The number of hydrogen-bond acceptors (Lipinski definition) is 10. The van der Waals surface area contributed by atoms with E-state index < -0.39 is 22.9 Å². The zero-order valence-electron chi connectivity index (χ0n) is 23.1. The highest BCUT2D eigenvalue weighted by Gasteiger charge is 2.34. The van der Waals surface area contributed by atoms with E-state index in [9.17, 15) is 19.7 Å². The van der Waals surface area contributed by atoms with Gasteiger partial charge in [0.1, 0.15) is 17.6 Å². The summed E-state index contributed by atoms with van der Waals surface area (Å²) in [5.41, 5.74) is 1.06. The van der Waals surface area contributed by atoms with Crippen LogP contribution in [0.3, 0.4) is 0 Å². The highest BCUT2D eigenvalue weighted by atomic mass is 32.1. The van der Waals surface area contributed by atoms with E-state index in [1.165, 1.54) is 39.4 Å². The molecule has 1 aromatic carbocycles. The number of allylic oxidation sites excluding steroid dienone is 1. The summed E-state index contributed by atoms with van der Waals surface area (Å²) in [7, 11) is 0. The van der Waals surface area contributed by atoms with Crippen LogP contribution in [0.2, 0.25) is 0 Å². The smallest absolute Gasteiger partial charge is 0.338 e. The number of nitro groups is 1. The molecule has 11 nitrogen and oxygen atoms in total. The largest absolute Gasteiger partial charge is 0.481 e. The molecule has 0 saturated heterocycles. The average Bonchev–Trinajstić information content (AvgIpc) is 3.68. The molecule has 1 aliphatic heterocycles. The monoisotopic (exact) mass is 609 g/mol. The zero-order chi connectivity index (χ0) is 30.6. The Morgan fingerprint density at radius 1 is 1.24 bits per heavy atom. The number of benzene rings is 1. The van der Waals surface area contributed by atoms with Crippen molar-refractivity contribution in [3.05, 3.63) is 106 Å². The minimum atomic E-state index is -0.833. The minimum Gasteiger partial charge on any atom is -0.481 e. The third kappa shape index (κ3) is 6.81. The first-order valence-electron chi connectivity index (χ1n) is 12.7. The number of carboxylic acid groups (broad SMARTS) is 1. The third-order valence-corrected chi connectivity index (χ3v) is 7.75. The molecule has 3 aromatic heterocycles. The number of thiophene rings is 1. The van der Waals surface area contributed by atoms with E-state index in [4.69, 9.17) is 19.1 Å². The molecule has 42 heavy (non-hydrogen) atoms. The second-order valence-electron chi connectivity index (χ2n) is 9.62. The molecule has 5 rings (SSSR count). The van der Waals surface area contributed by atoms with Gasteiger partial charge in [-0.1, -0.05) is 43.4 Å². The number of aliphatic carboxylic acids is 1. The fourth-order valence-electron chi connectivity index (χ4n) is 4.11. The molecule has 0 radical (unpaired) electrons. The summed E-state index contributed by atoms with van der Waals surface area (Å²) in [6.45, 7) is 7.02. The van der Waals surface area contributed by atoms with Crippen molar-refractivity contribution in [1.82, 2.24) is 4.57 Å². The molecule has 1 unspecified atom stereocenters. The second kappa shape index (κ2) is 12.9. The lowest BCUT2D eigenvalue weighted by molar-refractivity contribution is -0.384. The molecule has 218 valence electrons. The van der Waals surface area contributed by atoms with Gasteiger partial charge in [-0.2, -0.15) is 0 Å². The maximum atomic E-state index is 13.7. The maximum absolute atomic E-state index is 13.7. The van der Waals surface area contributed by atoms with Gasteiger partial charge in [0, 0.05) is 35.6 Å². The highest BCUT2D eigenvalue weighted by molar-refractivity contribution is 7.10. The Morgan fingerprint density at radius 3 is 2.62 bits per heavy atom. The van der Waals surface area contributed by atoms with E-state index in [2.05, 4.69) is 4.99 Å². The van der Waals surface area contributed by atoms with Gasteiger partial charge >= 0.3 is 5.97 Å². The van der Waals surface area contributed by atoms with Gasteiger partial charge in [-0.25, -0.2) is 9.79 Å². The van der Waals surface area contributed by atoms with E-state index in [-0.39, 0.29) is 23.8 Å². The number of nitro benzene ring substituents is 1. The Bertz CT molecular complexity index is 1840. The molecular weight excluding hydrogens is 582 g/mol. The molecule has 0 saturated carbocycles. The molecule has 4 heterocycles. The number of nitrogens with zero attached hydrogens (tertiary/aromatic N) is 3. The average molecular weight is 610 g/mol. The number of hydrogen-bond donors (Lipinski definition) is 1.